The average molecular weight is 366 g/mol. The Bertz CT molecular complexity index is 442. The molecule has 4 heteroatoms. The zero-order chi connectivity index (χ0) is 19.3. The fourth-order valence-corrected chi connectivity index (χ4v) is 5.37. The Hall–Kier alpha value is -0.610. The fourth-order valence-electron chi connectivity index (χ4n) is 5.37. The standard InChI is InChI=1S/C22H43N3O/c1-6-7-8-9-10-11-12-13-14-15-18-23-19(26)22(24-18)16-20(2,3)25-21(4,5)17-22/h18,24-25H,6-17H2,1-5H3,(H,23,26). The van der Waals surface area contributed by atoms with E-state index in [0.29, 0.717) is 0 Å². The number of piperidine rings is 1. The third-order valence-electron chi connectivity index (χ3n) is 5.95. The maximum absolute atomic E-state index is 12.8. The first-order valence-electron chi connectivity index (χ1n) is 11.1. The Labute approximate surface area is 161 Å². The molecule has 2 aliphatic heterocycles. The second kappa shape index (κ2) is 9.05. The lowest BCUT2D eigenvalue weighted by molar-refractivity contribution is -0.127. The van der Waals surface area contributed by atoms with Gasteiger partial charge < -0.3 is 10.6 Å². The lowest BCUT2D eigenvalue weighted by Crippen LogP contribution is -2.68. The van der Waals surface area contributed by atoms with Crippen LogP contribution in [0, 0.1) is 0 Å². The molecule has 0 aromatic rings. The van der Waals surface area contributed by atoms with Crippen molar-refractivity contribution < 1.29 is 4.79 Å². The Morgan fingerprint density at radius 2 is 1.35 bits per heavy atom. The zero-order valence-corrected chi connectivity index (χ0v) is 18.0. The Morgan fingerprint density at radius 3 is 1.88 bits per heavy atom. The van der Waals surface area contributed by atoms with Crippen molar-refractivity contribution in [2.45, 2.75) is 134 Å². The van der Waals surface area contributed by atoms with Gasteiger partial charge in [0.05, 0.1) is 6.17 Å². The molecule has 1 unspecified atom stereocenters. The van der Waals surface area contributed by atoms with E-state index < -0.39 is 5.54 Å². The molecule has 0 aromatic carbocycles. The van der Waals surface area contributed by atoms with Crippen molar-refractivity contribution >= 4 is 5.91 Å². The van der Waals surface area contributed by atoms with Gasteiger partial charge in [0, 0.05) is 11.1 Å². The molecule has 2 heterocycles. The van der Waals surface area contributed by atoms with Crippen molar-refractivity contribution in [3.05, 3.63) is 0 Å². The molecule has 26 heavy (non-hydrogen) atoms. The third-order valence-corrected chi connectivity index (χ3v) is 5.95. The van der Waals surface area contributed by atoms with Gasteiger partial charge in [-0.2, -0.15) is 0 Å². The molecule has 2 saturated heterocycles. The molecule has 0 aliphatic carbocycles. The molecule has 4 nitrogen and oxygen atoms in total. The summed E-state index contributed by atoms with van der Waals surface area (Å²) in [7, 11) is 0. The minimum absolute atomic E-state index is 0.0290. The predicted molar refractivity (Wildman–Crippen MR) is 110 cm³/mol. The van der Waals surface area contributed by atoms with Gasteiger partial charge in [0.15, 0.2) is 0 Å². The summed E-state index contributed by atoms with van der Waals surface area (Å²) in [5.41, 5.74) is -0.459. The van der Waals surface area contributed by atoms with E-state index in [1.54, 1.807) is 0 Å². The van der Waals surface area contributed by atoms with Gasteiger partial charge in [-0.25, -0.2) is 0 Å². The lowest BCUT2D eigenvalue weighted by atomic mass is 9.71. The molecular weight excluding hydrogens is 322 g/mol. The summed E-state index contributed by atoms with van der Waals surface area (Å²) in [5.74, 6) is 0.209. The molecule has 0 aromatic heterocycles. The summed E-state index contributed by atoms with van der Waals surface area (Å²) in [6, 6.07) is 0. The van der Waals surface area contributed by atoms with Crippen LogP contribution in [0.3, 0.4) is 0 Å². The van der Waals surface area contributed by atoms with E-state index in [-0.39, 0.29) is 23.2 Å². The van der Waals surface area contributed by atoms with Crippen LogP contribution in [0.1, 0.15) is 112 Å². The average Bonchev–Trinajstić information content (AvgIpc) is 2.77. The van der Waals surface area contributed by atoms with Crippen molar-refractivity contribution in [3.8, 4) is 0 Å². The highest BCUT2D eigenvalue weighted by atomic mass is 16.2. The molecule has 3 N–H and O–H groups in total. The molecule has 1 amide bonds. The number of hydrogen-bond donors (Lipinski definition) is 3. The van der Waals surface area contributed by atoms with Gasteiger partial charge in [0.2, 0.25) is 5.91 Å². The SMILES string of the molecule is CCCCCCCCCCCC1NC(=O)C2(CC(C)(C)NC(C)(C)C2)N1. The highest BCUT2D eigenvalue weighted by molar-refractivity contribution is 5.89. The summed E-state index contributed by atoms with van der Waals surface area (Å²) in [6.45, 7) is 11.1. The molecule has 1 atom stereocenters. The maximum atomic E-state index is 12.8. The summed E-state index contributed by atoms with van der Waals surface area (Å²) in [5, 5.41) is 10.6. The van der Waals surface area contributed by atoms with Crippen molar-refractivity contribution in [1.82, 2.24) is 16.0 Å². The largest absolute Gasteiger partial charge is 0.339 e. The van der Waals surface area contributed by atoms with Gasteiger partial charge in [-0.05, 0) is 47.0 Å². The second-order valence-electron chi connectivity index (χ2n) is 10.1. The highest BCUT2D eigenvalue weighted by Crippen LogP contribution is 2.38. The van der Waals surface area contributed by atoms with Crippen LogP contribution < -0.4 is 16.0 Å². The molecule has 0 bridgehead atoms. The van der Waals surface area contributed by atoms with Gasteiger partial charge in [-0.1, -0.05) is 64.7 Å². The van der Waals surface area contributed by atoms with E-state index in [1.165, 1.54) is 57.8 Å². The van der Waals surface area contributed by atoms with Crippen LogP contribution in [0.5, 0.6) is 0 Å². The first kappa shape index (κ1) is 21.7. The number of rotatable bonds is 10. The molecular formula is C22H43N3O. The Kier molecular flexibility index (Phi) is 7.55. The fraction of sp³-hybridized carbons (Fsp3) is 0.955. The Balaban J connectivity index is 1.69. The van der Waals surface area contributed by atoms with E-state index >= 15 is 0 Å². The van der Waals surface area contributed by atoms with E-state index in [4.69, 9.17) is 0 Å². The molecule has 0 radical (unpaired) electrons. The van der Waals surface area contributed by atoms with Gasteiger partial charge in [0.25, 0.3) is 0 Å². The predicted octanol–water partition coefficient (Wildman–Crippen LogP) is 4.63. The normalized spacial score (nSPS) is 26.2. The summed E-state index contributed by atoms with van der Waals surface area (Å²) >= 11 is 0. The van der Waals surface area contributed by atoms with E-state index in [1.807, 2.05) is 0 Å². The van der Waals surface area contributed by atoms with Crippen LogP contribution in [0.2, 0.25) is 0 Å². The monoisotopic (exact) mass is 365 g/mol. The molecule has 1 spiro atoms. The number of nitrogens with one attached hydrogen (secondary N) is 3. The quantitative estimate of drug-likeness (QED) is 0.495. The van der Waals surface area contributed by atoms with Gasteiger partial charge in [-0.15, -0.1) is 0 Å². The van der Waals surface area contributed by atoms with Crippen molar-refractivity contribution in [2.75, 3.05) is 0 Å². The number of carbonyl (C=O) groups excluding carboxylic acids is 1. The minimum Gasteiger partial charge on any atom is -0.339 e. The Morgan fingerprint density at radius 1 is 0.846 bits per heavy atom. The number of hydrogen-bond acceptors (Lipinski definition) is 3. The first-order chi connectivity index (χ1) is 12.2. The molecule has 0 saturated carbocycles. The summed E-state index contributed by atoms with van der Waals surface area (Å²) in [4.78, 5) is 12.8. The molecule has 2 aliphatic rings. The summed E-state index contributed by atoms with van der Waals surface area (Å²) < 4.78 is 0. The maximum Gasteiger partial charge on any atom is 0.241 e. The first-order valence-corrected chi connectivity index (χ1v) is 11.1. The third kappa shape index (κ3) is 6.23. The molecule has 152 valence electrons. The van der Waals surface area contributed by atoms with Gasteiger partial charge in [-0.3, -0.25) is 10.1 Å². The zero-order valence-electron chi connectivity index (χ0n) is 18.0. The minimum atomic E-state index is -0.401. The van der Waals surface area contributed by atoms with Crippen LogP contribution in [-0.4, -0.2) is 28.7 Å². The lowest BCUT2D eigenvalue weighted by Gasteiger charge is -2.50. The summed E-state index contributed by atoms with van der Waals surface area (Å²) in [6.07, 6.45) is 15.0. The second-order valence-corrected chi connectivity index (χ2v) is 10.1. The van der Waals surface area contributed by atoms with Crippen LogP contribution >= 0.6 is 0 Å². The van der Waals surface area contributed by atoms with Gasteiger partial charge >= 0.3 is 0 Å². The van der Waals surface area contributed by atoms with Gasteiger partial charge in [0.1, 0.15) is 5.54 Å². The van der Waals surface area contributed by atoms with Crippen molar-refractivity contribution in [3.63, 3.8) is 0 Å². The smallest absolute Gasteiger partial charge is 0.241 e. The number of amides is 1. The van der Waals surface area contributed by atoms with Crippen LogP contribution in [0.15, 0.2) is 0 Å². The van der Waals surface area contributed by atoms with Crippen LogP contribution in [-0.2, 0) is 4.79 Å². The van der Waals surface area contributed by atoms with Crippen molar-refractivity contribution in [2.24, 2.45) is 0 Å². The van der Waals surface area contributed by atoms with E-state index in [9.17, 15) is 4.79 Å². The van der Waals surface area contributed by atoms with E-state index in [0.717, 1.165) is 19.3 Å². The molecule has 2 rings (SSSR count). The molecule has 2 fully saturated rings. The van der Waals surface area contributed by atoms with Crippen LogP contribution in [0.25, 0.3) is 0 Å². The van der Waals surface area contributed by atoms with Crippen molar-refractivity contribution in [1.29, 1.82) is 0 Å². The number of unbranched alkanes of at least 4 members (excludes halogenated alkanes) is 8. The van der Waals surface area contributed by atoms with E-state index in [2.05, 4.69) is 50.6 Å². The highest BCUT2D eigenvalue weighted by Gasteiger charge is 2.55. The number of carbonyl (C=O) groups is 1. The van der Waals surface area contributed by atoms with Crippen LogP contribution in [0.4, 0.5) is 0 Å². The topological polar surface area (TPSA) is 53.2 Å².